The molecule has 0 aliphatic rings. The molecule has 3 aromatic rings. The standard InChI is InChI=1S/2C14H22.C12H16O.C7H16O/c2*1-11(2)10-14(12(3)4)13-8-6-5-7-9-13;1-9(2)12(10(3)13)11-7-5-4-6-8-11;1-6(2)7(3)5-8-4/h2*5-9,11-12,14H,10H2,1-4H3;4-9,12H,1-3H3;6-7H,5H2,1-4H3/t2*14-;12-;7-/m1010/s1. The highest BCUT2D eigenvalue weighted by Gasteiger charge is 2.20. The molecule has 3 aromatic carbocycles. The van der Waals surface area contributed by atoms with Crippen molar-refractivity contribution in [1.82, 2.24) is 0 Å². The molecule has 0 amide bonds. The van der Waals surface area contributed by atoms with Crippen LogP contribution in [0.15, 0.2) is 91.0 Å². The molecule has 0 aliphatic carbocycles. The highest BCUT2D eigenvalue weighted by atomic mass is 16.5. The van der Waals surface area contributed by atoms with Crippen molar-refractivity contribution in [2.75, 3.05) is 13.7 Å². The molecule has 3 rings (SSSR count). The molecule has 0 heterocycles. The molecule has 0 aromatic heterocycles. The van der Waals surface area contributed by atoms with Crippen LogP contribution in [0.3, 0.4) is 0 Å². The molecule has 2 nitrogen and oxygen atoms in total. The molecule has 0 N–H and O–H groups in total. The maximum Gasteiger partial charge on any atom is 0.137 e. The minimum Gasteiger partial charge on any atom is -0.384 e. The van der Waals surface area contributed by atoms with E-state index in [2.05, 4.69) is 151 Å². The molecule has 276 valence electrons. The van der Waals surface area contributed by atoms with Crippen LogP contribution in [-0.2, 0) is 9.53 Å². The largest absolute Gasteiger partial charge is 0.384 e. The Labute approximate surface area is 304 Å². The van der Waals surface area contributed by atoms with Crippen molar-refractivity contribution >= 4 is 5.78 Å². The second-order valence-electron chi connectivity index (χ2n) is 16.2. The summed E-state index contributed by atoms with van der Waals surface area (Å²) in [5.74, 6) is 6.59. The van der Waals surface area contributed by atoms with Crippen molar-refractivity contribution in [3.05, 3.63) is 108 Å². The summed E-state index contributed by atoms with van der Waals surface area (Å²) in [5, 5.41) is 0. The van der Waals surface area contributed by atoms with E-state index >= 15 is 0 Å². The maximum absolute atomic E-state index is 11.4. The molecule has 0 saturated carbocycles. The molecule has 0 aliphatic heterocycles. The van der Waals surface area contributed by atoms with E-state index in [1.54, 1.807) is 14.0 Å². The minimum atomic E-state index is 0.0567. The van der Waals surface area contributed by atoms with Crippen LogP contribution in [0.4, 0.5) is 0 Å². The quantitative estimate of drug-likeness (QED) is 0.170. The number of benzene rings is 3. The summed E-state index contributed by atoms with van der Waals surface area (Å²) in [6.07, 6.45) is 2.59. The highest BCUT2D eigenvalue weighted by molar-refractivity contribution is 5.83. The Morgan fingerprint density at radius 3 is 1.02 bits per heavy atom. The summed E-state index contributed by atoms with van der Waals surface area (Å²) in [4.78, 5) is 11.4. The van der Waals surface area contributed by atoms with E-state index in [0.717, 1.165) is 53.6 Å². The lowest BCUT2D eigenvalue weighted by Gasteiger charge is -2.23. The molecule has 0 bridgehead atoms. The number of Topliss-reactive ketones (excluding diaryl/α,β-unsaturated/α-hetero) is 1. The van der Waals surface area contributed by atoms with E-state index in [-0.39, 0.29) is 11.7 Å². The summed E-state index contributed by atoms with van der Waals surface area (Å²) < 4.78 is 4.96. The molecule has 2 heteroatoms. The molecule has 0 spiro atoms. The van der Waals surface area contributed by atoms with Crippen molar-refractivity contribution in [2.45, 2.75) is 128 Å². The van der Waals surface area contributed by atoms with Gasteiger partial charge in [-0.2, -0.15) is 0 Å². The third-order valence-electron chi connectivity index (χ3n) is 9.35. The Morgan fingerprint density at radius 1 is 0.490 bits per heavy atom. The van der Waals surface area contributed by atoms with E-state index in [1.165, 1.54) is 24.0 Å². The number of carbonyl (C=O) groups excluding carboxylic acids is 1. The number of methoxy groups -OCH3 is 1. The average molecular weight is 673 g/mol. The van der Waals surface area contributed by atoms with Gasteiger partial charge in [0.15, 0.2) is 0 Å². The predicted molar refractivity (Wildman–Crippen MR) is 218 cm³/mol. The molecular formula is C47H76O2. The first-order valence-electron chi connectivity index (χ1n) is 19.2. The zero-order chi connectivity index (χ0) is 37.5. The van der Waals surface area contributed by atoms with Crippen LogP contribution in [0.2, 0.25) is 0 Å². The van der Waals surface area contributed by atoms with E-state index in [0.29, 0.717) is 11.8 Å². The predicted octanol–water partition coefficient (Wildman–Crippen LogP) is 13.9. The summed E-state index contributed by atoms with van der Waals surface area (Å²) in [7, 11) is 1.75. The monoisotopic (exact) mass is 673 g/mol. The van der Waals surface area contributed by atoms with Crippen LogP contribution in [0.25, 0.3) is 0 Å². The lowest BCUT2D eigenvalue weighted by Crippen LogP contribution is -2.14. The smallest absolute Gasteiger partial charge is 0.137 e. The maximum atomic E-state index is 11.4. The van der Waals surface area contributed by atoms with Gasteiger partial charge in [-0.3, -0.25) is 4.79 Å². The number of hydrogen-bond donors (Lipinski definition) is 0. The van der Waals surface area contributed by atoms with Crippen molar-refractivity contribution in [3.63, 3.8) is 0 Å². The molecule has 0 fully saturated rings. The van der Waals surface area contributed by atoms with Crippen LogP contribution in [0.5, 0.6) is 0 Å². The molecule has 0 unspecified atom stereocenters. The fraction of sp³-hybridized carbons (Fsp3) is 0.596. The Balaban J connectivity index is 0.000000639. The highest BCUT2D eigenvalue weighted by Crippen LogP contribution is 2.31. The number of ether oxygens (including phenoxy) is 1. The van der Waals surface area contributed by atoms with Crippen molar-refractivity contribution in [1.29, 1.82) is 0 Å². The Bertz CT molecular complexity index is 1120. The second-order valence-corrected chi connectivity index (χ2v) is 16.2. The lowest BCUT2D eigenvalue weighted by atomic mass is 9.82. The van der Waals surface area contributed by atoms with Gasteiger partial charge in [-0.05, 0) is 89.7 Å². The Kier molecular flexibility index (Phi) is 24.7. The van der Waals surface area contributed by atoms with Crippen LogP contribution >= 0.6 is 0 Å². The number of ketones is 1. The number of hydrogen-bond acceptors (Lipinski definition) is 2. The zero-order valence-corrected chi connectivity index (χ0v) is 34.4. The third-order valence-corrected chi connectivity index (χ3v) is 9.35. The minimum absolute atomic E-state index is 0.0567. The topological polar surface area (TPSA) is 26.3 Å². The third kappa shape index (κ3) is 20.5. The summed E-state index contributed by atoms with van der Waals surface area (Å²) >= 11 is 0. The van der Waals surface area contributed by atoms with E-state index < -0.39 is 0 Å². The summed E-state index contributed by atoms with van der Waals surface area (Å²) in [6.45, 7) is 31.8. The Morgan fingerprint density at radius 2 is 0.816 bits per heavy atom. The molecule has 49 heavy (non-hydrogen) atoms. The van der Waals surface area contributed by atoms with E-state index in [4.69, 9.17) is 4.74 Å². The summed E-state index contributed by atoms with van der Waals surface area (Å²) in [5.41, 5.74) is 4.12. The van der Waals surface area contributed by atoms with Crippen LogP contribution in [-0.4, -0.2) is 19.5 Å². The van der Waals surface area contributed by atoms with Crippen molar-refractivity contribution in [3.8, 4) is 0 Å². The SMILES string of the molecule is CC(=O)[C@H](c1ccccc1)C(C)C.CC(C)C[C@@H](c1ccccc1)C(C)C.CC(C)C[C@H](c1ccccc1)C(C)C.COC[C@H](C)C(C)C. The van der Waals surface area contributed by atoms with Gasteiger partial charge in [0.05, 0.1) is 0 Å². The van der Waals surface area contributed by atoms with Gasteiger partial charge in [0, 0.05) is 19.6 Å². The first-order valence-corrected chi connectivity index (χ1v) is 19.2. The van der Waals surface area contributed by atoms with Gasteiger partial charge in [-0.15, -0.1) is 0 Å². The zero-order valence-electron chi connectivity index (χ0n) is 34.4. The molecular weight excluding hydrogens is 597 g/mol. The molecule has 0 radical (unpaired) electrons. The van der Waals surface area contributed by atoms with Crippen molar-refractivity contribution < 1.29 is 9.53 Å². The van der Waals surface area contributed by atoms with Gasteiger partial charge in [0.2, 0.25) is 0 Å². The van der Waals surface area contributed by atoms with Crippen LogP contribution in [0.1, 0.15) is 144 Å². The van der Waals surface area contributed by atoms with E-state index in [9.17, 15) is 4.79 Å². The Hall–Kier alpha value is -2.71. The second kappa shape index (κ2) is 26.1. The summed E-state index contributed by atoms with van der Waals surface area (Å²) in [6, 6.07) is 31.8. The van der Waals surface area contributed by atoms with Gasteiger partial charge in [-0.1, -0.05) is 181 Å². The number of rotatable bonds is 14. The first kappa shape index (κ1) is 46.3. The van der Waals surface area contributed by atoms with Gasteiger partial charge >= 0.3 is 0 Å². The van der Waals surface area contributed by atoms with Gasteiger partial charge in [0.1, 0.15) is 5.78 Å². The lowest BCUT2D eigenvalue weighted by molar-refractivity contribution is -0.119. The van der Waals surface area contributed by atoms with Crippen LogP contribution < -0.4 is 0 Å². The fourth-order valence-electron chi connectivity index (χ4n) is 6.21. The van der Waals surface area contributed by atoms with Crippen molar-refractivity contribution in [2.24, 2.45) is 41.4 Å². The van der Waals surface area contributed by atoms with Crippen LogP contribution in [0, 0.1) is 41.4 Å². The van der Waals surface area contributed by atoms with Gasteiger partial charge in [0.25, 0.3) is 0 Å². The normalized spacial score (nSPS) is 13.6. The molecule has 0 saturated heterocycles. The van der Waals surface area contributed by atoms with Gasteiger partial charge in [-0.25, -0.2) is 0 Å². The molecule has 4 atom stereocenters. The number of carbonyl (C=O) groups is 1. The van der Waals surface area contributed by atoms with E-state index in [1.807, 2.05) is 30.3 Å². The first-order chi connectivity index (χ1) is 23.0. The van der Waals surface area contributed by atoms with Gasteiger partial charge < -0.3 is 4.74 Å². The fourth-order valence-corrected chi connectivity index (χ4v) is 6.21. The average Bonchev–Trinajstić information content (AvgIpc) is 3.04.